The van der Waals surface area contributed by atoms with Crippen LogP contribution in [0, 0.1) is 18.3 Å². The van der Waals surface area contributed by atoms with Gasteiger partial charge in [0.2, 0.25) is 5.88 Å². The van der Waals surface area contributed by atoms with Crippen LogP contribution in [0.1, 0.15) is 51.2 Å². The summed E-state index contributed by atoms with van der Waals surface area (Å²) in [5, 5.41) is 20.3. The van der Waals surface area contributed by atoms with Gasteiger partial charge >= 0.3 is 11.9 Å². The molecule has 0 aliphatic carbocycles. The Bertz CT molecular complexity index is 1470. The molecule has 2 bridgehead atoms. The van der Waals surface area contributed by atoms with Crippen molar-refractivity contribution >= 4 is 17.5 Å². The Morgan fingerprint density at radius 2 is 1.94 bits per heavy atom. The third-order valence-electron chi connectivity index (χ3n) is 6.50. The lowest BCUT2D eigenvalue weighted by Crippen LogP contribution is -2.38. The molecule has 1 aromatic heterocycles. The fourth-order valence-electron chi connectivity index (χ4n) is 4.96. The molecule has 174 valence electrons. The standard InChI is InChI=1S/C23H16ClF3N4O3/c1-11-16(7-6-12(9-28)18(11)24)31-21(33)19-17-8-13(30(19)22(31)34)10-29(17)20(32)14-4-2-3-5-15(14)23(25,26)27/h2-7,13,17,33H,8,10H2,1H3/t13-,17?/m1/s1. The van der Waals surface area contributed by atoms with Gasteiger partial charge in [-0.25, -0.2) is 9.36 Å². The van der Waals surface area contributed by atoms with Crippen LogP contribution < -0.4 is 5.69 Å². The van der Waals surface area contributed by atoms with Crippen LogP contribution in [-0.4, -0.2) is 31.6 Å². The molecular formula is C23H16ClF3N4O3. The smallest absolute Gasteiger partial charge is 0.417 e. The molecule has 3 aromatic rings. The van der Waals surface area contributed by atoms with Crippen molar-refractivity contribution in [1.82, 2.24) is 14.0 Å². The van der Waals surface area contributed by atoms with E-state index in [0.29, 0.717) is 12.0 Å². The molecule has 2 aliphatic rings. The molecular weight excluding hydrogens is 473 g/mol. The number of carbonyl (C=O) groups is 1. The number of hydrogen-bond donors (Lipinski definition) is 1. The number of benzene rings is 2. The zero-order valence-electron chi connectivity index (χ0n) is 17.6. The van der Waals surface area contributed by atoms with Crippen LogP contribution in [-0.2, 0) is 6.18 Å². The summed E-state index contributed by atoms with van der Waals surface area (Å²) < 4.78 is 42.8. The number of fused-ring (bicyclic) bond motifs is 5. The number of halogens is 4. The molecule has 0 radical (unpaired) electrons. The topological polar surface area (TPSA) is 91.3 Å². The number of nitrogens with zero attached hydrogens (tertiary/aromatic N) is 4. The third-order valence-corrected chi connectivity index (χ3v) is 6.99. The predicted molar refractivity (Wildman–Crippen MR) is 115 cm³/mol. The highest BCUT2D eigenvalue weighted by molar-refractivity contribution is 6.32. The van der Waals surface area contributed by atoms with Gasteiger partial charge in [0.1, 0.15) is 11.8 Å². The van der Waals surface area contributed by atoms with Crippen molar-refractivity contribution < 1.29 is 23.1 Å². The average Bonchev–Trinajstić information content (AvgIpc) is 3.46. The van der Waals surface area contributed by atoms with Crippen LogP contribution >= 0.6 is 11.6 Å². The van der Waals surface area contributed by atoms with Gasteiger partial charge in [-0.15, -0.1) is 0 Å². The van der Waals surface area contributed by atoms with E-state index in [2.05, 4.69) is 0 Å². The lowest BCUT2D eigenvalue weighted by Gasteiger charge is -2.28. The Kier molecular flexibility index (Phi) is 4.81. The van der Waals surface area contributed by atoms with Crippen molar-refractivity contribution in [3.05, 3.63) is 79.9 Å². The highest BCUT2D eigenvalue weighted by atomic mass is 35.5. The molecule has 7 nitrogen and oxygen atoms in total. The van der Waals surface area contributed by atoms with Gasteiger partial charge in [0.15, 0.2) is 0 Å². The Labute approximate surface area is 195 Å². The number of aromatic hydroxyl groups is 1. The van der Waals surface area contributed by atoms with Gasteiger partial charge in [0.25, 0.3) is 5.91 Å². The van der Waals surface area contributed by atoms with E-state index in [1.165, 1.54) is 33.7 Å². The molecule has 2 atom stereocenters. The second-order valence-electron chi connectivity index (χ2n) is 8.29. The average molecular weight is 489 g/mol. The van der Waals surface area contributed by atoms with Gasteiger partial charge in [-0.1, -0.05) is 23.7 Å². The normalized spacial score (nSPS) is 18.8. The maximum atomic E-state index is 13.5. The van der Waals surface area contributed by atoms with Crippen LogP contribution in [0.25, 0.3) is 5.69 Å². The predicted octanol–water partition coefficient (Wildman–Crippen LogP) is 4.34. The maximum Gasteiger partial charge on any atom is 0.417 e. The van der Waals surface area contributed by atoms with E-state index in [1.54, 1.807) is 6.92 Å². The minimum absolute atomic E-state index is 0.0408. The first kappa shape index (κ1) is 22.1. The van der Waals surface area contributed by atoms with Crippen molar-refractivity contribution in [3.63, 3.8) is 0 Å². The second kappa shape index (κ2) is 7.40. The van der Waals surface area contributed by atoms with Gasteiger partial charge in [-0.05, 0) is 43.2 Å². The van der Waals surface area contributed by atoms with Crippen molar-refractivity contribution in [2.75, 3.05) is 6.54 Å². The fourth-order valence-corrected chi connectivity index (χ4v) is 5.16. The minimum atomic E-state index is -4.70. The summed E-state index contributed by atoms with van der Waals surface area (Å²) in [6, 6.07) is 8.15. The maximum absolute atomic E-state index is 13.5. The van der Waals surface area contributed by atoms with E-state index >= 15 is 0 Å². The van der Waals surface area contributed by atoms with Gasteiger partial charge in [0, 0.05) is 6.54 Å². The lowest BCUT2D eigenvalue weighted by molar-refractivity contribution is -0.138. The Balaban J connectivity index is 1.59. The number of likely N-dealkylation sites (tertiary alicyclic amines) is 1. The number of imidazole rings is 1. The summed E-state index contributed by atoms with van der Waals surface area (Å²) >= 11 is 6.23. The first-order chi connectivity index (χ1) is 16.1. The molecule has 1 saturated heterocycles. The molecule has 2 aliphatic heterocycles. The van der Waals surface area contributed by atoms with Gasteiger partial charge in [-0.3, -0.25) is 9.36 Å². The minimum Gasteiger partial charge on any atom is -0.493 e. The SMILES string of the molecule is Cc1c(-n2c(O)c3n(c2=O)[C@@H]2CC3N(C(=O)c3ccccc3C(F)(F)F)C2)ccc(C#N)c1Cl. The molecule has 1 amide bonds. The zero-order valence-corrected chi connectivity index (χ0v) is 18.4. The van der Waals surface area contributed by atoms with Gasteiger partial charge < -0.3 is 10.0 Å². The third kappa shape index (κ3) is 2.97. The summed E-state index contributed by atoms with van der Waals surface area (Å²) in [5.41, 5.74) is -1.02. The van der Waals surface area contributed by atoms with Crippen LogP contribution in [0.5, 0.6) is 5.88 Å². The summed E-state index contributed by atoms with van der Waals surface area (Å²) in [7, 11) is 0. The molecule has 5 rings (SSSR count). The van der Waals surface area contributed by atoms with Crippen molar-refractivity contribution in [3.8, 4) is 17.6 Å². The van der Waals surface area contributed by atoms with Crippen LogP contribution in [0.4, 0.5) is 13.2 Å². The Morgan fingerprint density at radius 3 is 2.62 bits per heavy atom. The van der Waals surface area contributed by atoms with Crippen molar-refractivity contribution in [1.29, 1.82) is 5.26 Å². The number of aromatic nitrogens is 2. The molecule has 3 heterocycles. The van der Waals surface area contributed by atoms with E-state index in [4.69, 9.17) is 16.9 Å². The Morgan fingerprint density at radius 1 is 1.24 bits per heavy atom. The number of nitriles is 1. The molecule has 2 aromatic carbocycles. The summed E-state index contributed by atoms with van der Waals surface area (Å²) in [6.45, 7) is 1.64. The molecule has 1 N–H and O–H groups in total. The van der Waals surface area contributed by atoms with E-state index in [-0.39, 0.29) is 28.5 Å². The highest BCUT2D eigenvalue weighted by Crippen LogP contribution is 2.49. The number of carbonyl (C=O) groups excluding carboxylic acids is 1. The first-order valence-corrected chi connectivity index (χ1v) is 10.7. The Hall–Kier alpha value is -3.71. The van der Waals surface area contributed by atoms with Gasteiger partial charge in [-0.2, -0.15) is 18.4 Å². The largest absolute Gasteiger partial charge is 0.493 e. The number of alkyl halides is 3. The van der Waals surface area contributed by atoms with E-state index in [1.807, 2.05) is 6.07 Å². The first-order valence-electron chi connectivity index (χ1n) is 10.3. The lowest BCUT2D eigenvalue weighted by atomic mass is 10.0. The van der Waals surface area contributed by atoms with Crippen LogP contribution in [0.15, 0.2) is 41.2 Å². The summed E-state index contributed by atoms with van der Waals surface area (Å²) in [5.74, 6) is -1.23. The molecule has 11 heteroatoms. The molecule has 0 saturated carbocycles. The van der Waals surface area contributed by atoms with E-state index < -0.39 is 46.9 Å². The van der Waals surface area contributed by atoms with Crippen LogP contribution in [0.2, 0.25) is 5.02 Å². The number of hydrogen-bond acceptors (Lipinski definition) is 4. The van der Waals surface area contributed by atoms with E-state index in [0.717, 1.165) is 16.7 Å². The quantitative estimate of drug-likeness (QED) is 0.581. The molecule has 34 heavy (non-hydrogen) atoms. The number of amides is 1. The molecule has 1 fully saturated rings. The molecule has 1 unspecified atom stereocenters. The zero-order chi connectivity index (χ0) is 24.5. The monoisotopic (exact) mass is 488 g/mol. The van der Waals surface area contributed by atoms with Gasteiger partial charge in [0.05, 0.1) is 39.5 Å². The van der Waals surface area contributed by atoms with Crippen molar-refractivity contribution in [2.45, 2.75) is 31.6 Å². The summed E-state index contributed by atoms with van der Waals surface area (Å²) in [6.07, 6.45) is -4.39. The second-order valence-corrected chi connectivity index (χ2v) is 8.66. The van der Waals surface area contributed by atoms with Crippen LogP contribution in [0.3, 0.4) is 0 Å². The van der Waals surface area contributed by atoms with Crippen molar-refractivity contribution in [2.24, 2.45) is 0 Å². The molecule has 0 spiro atoms. The summed E-state index contributed by atoms with van der Waals surface area (Å²) in [4.78, 5) is 27.7. The fraction of sp³-hybridized carbons (Fsp3) is 0.261. The highest BCUT2D eigenvalue weighted by Gasteiger charge is 2.50. The van der Waals surface area contributed by atoms with E-state index in [9.17, 15) is 27.9 Å². The number of rotatable bonds is 2.